The summed E-state index contributed by atoms with van der Waals surface area (Å²) in [6, 6.07) is 16.0. The van der Waals surface area contributed by atoms with E-state index in [1.165, 1.54) is 0 Å². The molecule has 3 nitrogen and oxygen atoms in total. The Bertz CT molecular complexity index is 804. The summed E-state index contributed by atoms with van der Waals surface area (Å²) in [6.45, 7) is 4.00. The topological polar surface area (TPSA) is 42.0 Å². The maximum Gasteiger partial charge on any atom is 0.230 e. The van der Waals surface area contributed by atoms with Gasteiger partial charge in [0.2, 0.25) is 5.91 Å². The molecule has 0 radical (unpaired) electrons. The van der Waals surface area contributed by atoms with Crippen molar-refractivity contribution in [1.29, 1.82) is 0 Å². The number of carbonyl (C=O) groups excluding carboxylic acids is 1. The Kier molecular flexibility index (Phi) is 4.53. The molecule has 0 saturated heterocycles. The molecule has 0 aliphatic rings. The number of aryl methyl sites for hydroxylation is 2. The zero-order valence-corrected chi connectivity index (χ0v) is 14.0. The third kappa shape index (κ3) is 3.66. The number of hydrogen-bond acceptors (Lipinski definition) is 3. The molecule has 0 aliphatic carbocycles. The molecule has 1 N–H and O–H groups in total. The van der Waals surface area contributed by atoms with E-state index in [4.69, 9.17) is 0 Å². The maximum absolute atomic E-state index is 12.3. The number of nitrogens with one attached hydrogen (secondary N) is 1. The SMILES string of the molecule is Cc1cccc(C)c1NC(=O)Cc1csc(-c2ccccc2)n1. The van der Waals surface area contributed by atoms with Crippen molar-refractivity contribution in [2.75, 3.05) is 5.32 Å². The largest absolute Gasteiger partial charge is 0.325 e. The molecule has 2 aromatic carbocycles. The van der Waals surface area contributed by atoms with Gasteiger partial charge in [0.15, 0.2) is 0 Å². The summed E-state index contributed by atoms with van der Waals surface area (Å²) in [5.41, 5.74) is 4.93. The number of hydrogen-bond donors (Lipinski definition) is 1. The molecule has 1 heterocycles. The van der Waals surface area contributed by atoms with Crippen LogP contribution in [0.4, 0.5) is 5.69 Å². The van der Waals surface area contributed by atoms with Crippen LogP contribution in [0.2, 0.25) is 0 Å². The lowest BCUT2D eigenvalue weighted by molar-refractivity contribution is -0.115. The first-order valence-corrected chi connectivity index (χ1v) is 8.37. The number of aromatic nitrogens is 1. The van der Waals surface area contributed by atoms with Gasteiger partial charge in [0.05, 0.1) is 12.1 Å². The summed E-state index contributed by atoms with van der Waals surface area (Å²) < 4.78 is 0. The molecular weight excluding hydrogens is 304 g/mol. The maximum atomic E-state index is 12.3. The Balaban J connectivity index is 1.70. The summed E-state index contributed by atoms with van der Waals surface area (Å²) in [6.07, 6.45) is 0.289. The number of anilines is 1. The lowest BCUT2D eigenvalue weighted by Crippen LogP contribution is -2.16. The summed E-state index contributed by atoms with van der Waals surface area (Å²) in [5, 5.41) is 5.90. The number of thiazole rings is 1. The van der Waals surface area contributed by atoms with E-state index in [0.29, 0.717) is 0 Å². The van der Waals surface area contributed by atoms with E-state index in [-0.39, 0.29) is 12.3 Å². The Hall–Kier alpha value is -2.46. The van der Waals surface area contributed by atoms with E-state index < -0.39 is 0 Å². The van der Waals surface area contributed by atoms with E-state index in [9.17, 15) is 4.79 Å². The molecule has 116 valence electrons. The van der Waals surface area contributed by atoms with Crippen LogP contribution in [0.3, 0.4) is 0 Å². The molecule has 0 atom stereocenters. The van der Waals surface area contributed by atoms with Crippen molar-refractivity contribution in [2.24, 2.45) is 0 Å². The van der Waals surface area contributed by atoms with Crippen LogP contribution in [0.15, 0.2) is 53.9 Å². The monoisotopic (exact) mass is 322 g/mol. The van der Waals surface area contributed by atoms with Crippen LogP contribution >= 0.6 is 11.3 Å². The first-order valence-electron chi connectivity index (χ1n) is 7.49. The van der Waals surface area contributed by atoms with Gasteiger partial charge in [-0.3, -0.25) is 4.79 Å². The zero-order chi connectivity index (χ0) is 16.2. The smallest absolute Gasteiger partial charge is 0.230 e. The van der Waals surface area contributed by atoms with Crippen molar-refractivity contribution in [1.82, 2.24) is 4.98 Å². The molecule has 23 heavy (non-hydrogen) atoms. The highest BCUT2D eigenvalue weighted by Gasteiger charge is 2.11. The van der Waals surface area contributed by atoms with Crippen molar-refractivity contribution >= 4 is 22.9 Å². The second kappa shape index (κ2) is 6.75. The lowest BCUT2D eigenvalue weighted by atomic mass is 10.1. The normalized spacial score (nSPS) is 10.5. The zero-order valence-electron chi connectivity index (χ0n) is 13.2. The van der Waals surface area contributed by atoms with Crippen LogP contribution in [0.25, 0.3) is 10.6 Å². The second-order valence-corrected chi connectivity index (χ2v) is 6.36. The van der Waals surface area contributed by atoms with Gasteiger partial charge in [0.1, 0.15) is 5.01 Å². The van der Waals surface area contributed by atoms with Crippen molar-refractivity contribution in [2.45, 2.75) is 20.3 Å². The highest BCUT2D eigenvalue weighted by atomic mass is 32.1. The predicted octanol–water partition coefficient (Wildman–Crippen LogP) is 4.61. The fraction of sp³-hybridized carbons (Fsp3) is 0.158. The molecule has 0 saturated carbocycles. The molecule has 3 aromatic rings. The average Bonchev–Trinajstić information content (AvgIpc) is 3.00. The van der Waals surface area contributed by atoms with Crippen molar-refractivity contribution in [3.05, 3.63) is 70.7 Å². The highest BCUT2D eigenvalue weighted by Crippen LogP contribution is 2.24. The van der Waals surface area contributed by atoms with Gasteiger partial charge in [-0.2, -0.15) is 0 Å². The molecule has 0 bridgehead atoms. The molecular formula is C19H18N2OS. The fourth-order valence-corrected chi connectivity index (χ4v) is 3.29. The van der Waals surface area contributed by atoms with Gasteiger partial charge in [-0.15, -0.1) is 11.3 Å². The summed E-state index contributed by atoms with van der Waals surface area (Å²) in [5.74, 6) is -0.0349. The van der Waals surface area contributed by atoms with Gasteiger partial charge in [-0.1, -0.05) is 48.5 Å². The van der Waals surface area contributed by atoms with E-state index in [1.807, 2.05) is 67.8 Å². The number of para-hydroxylation sites is 1. The van der Waals surface area contributed by atoms with Crippen LogP contribution in [-0.4, -0.2) is 10.9 Å². The molecule has 4 heteroatoms. The minimum atomic E-state index is -0.0349. The quantitative estimate of drug-likeness (QED) is 0.762. The first kappa shape index (κ1) is 15.4. The predicted molar refractivity (Wildman–Crippen MR) is 95.8 cm³/mol. The highest BCUT2D eigenvalue weighted by molar-refractivity contribution is 7.13. The molecule has 0 fully saturated rings. The van der Waals surface area contributed by atoms with Crippen LogP contribution in [0, 0.1) is 13.8 Å². The number of rotatable bonds is 4. The summed E-state index contributed by atoms with van der Waals surface area (Å²) in [4.78, 5) is 16.9. The third-order valence-electron chi connectivity index (χ3n) is 3.66. The Morgan fingerprint density at radius 1 is 1.04 bits per heavy atom. The Morgan fingerprint density at radius 2 is 1.74 bits per heavy atom. The Labute approximate surface area is 140 Å². The number of carbonyl (C=O) groups is 1. The molecule has 0 unspecified atom stereocenters. The Morgan fingerprint density at radius 3 is 2.43 bits per heavy atom. The standard InChI is InChI=1S/C19H18N2OS/c1-13-7-6-8-14(2)18(13)21-17(22)11-16-12-23-19(20-16)15-9-4-3-5-10-15/h3-10,12H,11H2,1-2H3,(H,21,22). The van der Waals surface area contributed by atoms with Crippen LogP contribution in [0.5, 0.6) is 0 Å². The van der Waals surface area contributed by atoms with Crippen molar-refractivity contribution in [3.63, 3.8) is 0 Å². The van der Waals surface area contributed by atoms with E-state index in [2.05, 4.69) is 10.3 Å². The van der Waals surface area contributed by atoms with Crippen LogP contribution < -0.4 is 5.32 Å². The van der Waals surface area contributed by atoms with E-state index in [0.717, 1.165) is 33.1 Å². The number of nitrogens with zero attached hydrogens (tertiary/aromatic N) is 1. The van der Waals surface area contributed by atoms with Crippen molar-refractivity contribution in [3.8, 4) is 10.6 Å². The van der Waals surface area contributed by atoms with Crippen molar-refractivity contribution < 1.29 is 4.79 Å². The van der Waals surface area contributed by atoms with Gasteiger partial charge in [-0.05, 0) is 25.0 Å². The van der Waals surface area contributed by atoms with E-state index >= 15 is 0 Å². The second-order valence-electron chi connectivity index (χ2n) is 5.50. The third-order valence-corrected chi connectivity index (χ3v) is 4.60. The minimum Gasteiger partial charge on any atom is -0.325 e. The molecule has 3 rings (SSSR count). The lowest BCUT2D eigenvalue weighted by Gasteiger charge is -2.10. The number of benzene rings is 2. The van der Waals surface area contributed by atoms with Crippen LogP contribution in [0.1, 0.15) is 16.8 Å². The number of amides is 1. The van der Waals surface area contributed by atoms with Gasteiger partial charge in [0.25, 0.3) is 0 Å². The van der Waals surface area contributed by atoms with Crippen LogP contribution in [-0.2, 0) is 11.2 Å². The molecule has 0 spiro atoms. The molecule has 1 aromatic heterocycles. The van der Waals surface area contributed by atoms with Gasteiger partial charge >= 0.3 is 0 Å². The van der Waals surface area contributed by atoms with Gasteiger partial charge in [-0.25, -0.2) is 4.98 Å². The molecule has 1 amide bonds. The summed E-state index contributed by atoms with van der Waals surface area (Å²) in [7, 11) is 0. The minimum absolute atomic E-state index is 0.0349. The average molecular weight is 322 g/mol. The van der Waals surface area contributed by atoms with Gasteiger partial charge < -0.3 is 5.32 Å². The fourth-order valence-electron chi connectivity index (χ4n) is 2.46. The molecule has 0 aliphatic heterocycles. The van der Waals surface area contributed by atoms with Gasteiger partial charge in [0, 0.05) is 16.6 Å². The summed E-state index contributed by atoms with van der Waals surface area (Å²) >= 11 is 1.57. The first-order chi connectivity index (χ1) is 11.1. The van der Waals surface area contributed by atoms with E-state index in [1.54, 1.807) is 11.3 Å².